The number of hydrogen-bond donors (Lipinski definition) is 1. The van der Waals surface area contributed by atoms with Crippen LogP contribution in [-0.2, 0) is 4.79 Å². The average Bonchev–Trinajstić information content (AvgIpc) is 2.62. The first-order valence-corrected chi connectivity index (χ1v) is 7.91. The van der Waals surface area contributed by atoms with E-state index in [4.69, 9.17) is 0 Å². The topological polar surface area (TPSA) is 49.4 Å². The summed E-state index contributed by atoms with van der Waals surface area (Å²) in [6, 6.07) is 7.34. The number of carbonyl (C=O) groups excluding carboxylic acids is 2. The molecule has 2 amide bonds. The van der Waals surface area contributed by atoms with E-state index >= 15 is 0 Å². The fourth-order valence-electron chi connectivity index (χ4n) is 2.68. The van der Waals surface area contributed by atoms with Crippen molar-refractivity contribution in [2.75, 3.05) is 18.0 Å². The van der Waals surface area contributed by atoms with Crippen LogP contribution in [0.5, 0.6) is 0 Å². The lowest BCUT2D eigenvalue weighted by atomic mass is 10.1. The Balaban J connectivity index is 1.98. The third kappa shape index (κ3) is 4.06. The van der Waals surface area contributed by atoms with E-state index in [0.717, 1.165) is 18.5 Å². The van der Waals surface area contributed by atoms with Crippen molar-refractivity contribution in [1.82, 2.24) is 5.32 Å². The summed E-state index contributed by atoms with van der Waals surface area (Å²) < 4.78 is 0. The van der Waals surface area contributed by atoms with Crippen molar-refractivity contribution in [2.45, 2.75) is 45.4 Å². The number of para-hydroxylation sites is 1. The van der Waals surface area contributed by atoms with Crippen LogP contribution in [0.25, 0.3) is 0 Å². The smallest absolute Gasteiger partial charge is 0.253 e. The summed E-state index contributed by atoms with van der Waals surface area (Å²) in [4.78, 5) is 25.9. The molecule has 0 spiro atoms. The maximum atomic E-state index is 12.2. The summed E-state index contributed by atoms with van der Waals surface area (Å²) in [5.41, 5.74) is 1.33. The van der Waals surface area contributed by atoms with Gasteiger partial charge in [0.15, 0.2) is 0 Å². The number of hydrogen-bond acceptors (Lipinski definition) is 2. The molecule has 0 bridgehead atoms. The van der Waals surface area contributed by atoms with E-state index in [0.29, 0.717) is 12.1 Å². The molecule has 21 heavy (non-hydrogen) atoms. The minimum atomic E-state index is -0.163. The van der Waals surface area contributed by atoms with Crippen LogP contribution in [-0.4, -0.2) is 24.9 Å². The number of amides is 2. The van der Waals surface area contributed by atoms with Crippen LogP contribution >= 0.6 is 0 Å². The Labute approximate surface area is 126 Å². The van der Waals surface area contributed by atoms with Gasteiger partial charge in [-0.05, 0) is 18.6 Å². The van der Waals surface area contributed by atoms with Crippen LogP contribution in [0.2, 0.25) is 0 Å². The highest BCUT2D eigenvalue weighted by atomic mass is 16.2. The standard InChI is InChI=1S/C17H24N2O2/c1-2-3-4-5-6-9-12-19-15-11-8-7-10-14(15)17(21)18-13-16(19)20/h7-8,10-11H,2-6,9,12-13H2,1H3,(H,18,21). The van der Waals surface area contributed by atoms with E-state index in [1.54, 1.807) is 11.0 Å². The van der Waals surface area contributed by atoms with E-state index in [-0.39, 0.29) is 18.4 Å². The Bertz CT molecular complexity index is 499. The molecule has 1 aromatic carbocycles. The monoisotopic (exact) mass is 288 g/mol. The van der Waals surface area contributed by atoms with Crippen LogP contribution in [0.3, 0.4) is 0 Å². The molecule has 0 radical (unpaired) electrons. The van der Waals surface area contributed by atoms with Crippen LogP contribution in [0.1, 0.15) is 55.8 Å². The molecule has 4 nitrogen and oxygen atoms in total. The van der Waals surface area contributed by atoms with Crippen LogP contribution in [0, 0.1) is 0 Å². The largest absolute Gasteiger partial charge is 0.343 e. The van der Waals surface area contributed by atoms with E-state index in [1.807, 2.05) is 18.2 Å². The molecule has 114 valence electrons. The number of nitrogens with zero attached hydrogens (tertiary/aromatic N) is 1. The Hall–Kier alpha value is -1.84. The molecule has 0 saturated heterocycles. The maximum Gasteiger partial charge on any atom is 0.253 e. The molecule has 0 atom stereocenters. The first-order valence-electron chi connectivity index (χ1n) is 7.91. The predicted molar refractivity (Wildman–Crippen MR) is 84.5 cm³/mol. The number of nitrogens with one attached hydrogen (secondary N) is 1. The quantitative estimate of drug-likeness (QED) is 0.784. The Morgan fingerprint density at radius 1 is 1.05 bits per heavy atom. The molecule has 1 aromatic rings. The minimum absolute atomic E-state index is 0.0261. The van der Waals surface area contributed by atoms with E-state index in [1.165, 1.54) is 25.7 Å². The second-order valence-electron chi connectivity index (χ2n) is 5.51. The Kier molecular flexibility index (Phi) is 5.78. The zero-order valence-corrected chi connectivity index (χ0v) is 12.7. The highest BCUT2D eigenvalue weighted by molar-refractivity contribution is 6.09. The lowest BCUT2D eigenvalue weighted by Crippen LogP contribution is -2.37. The van der Waals surface area contributed by atoms with Gasteiger partial charge >= 0.3 is 0 Å². The fourth-order valence-corrected chi connectivity index (χ4v) is 2.68. The van der Waals surface area contributed by atoms with Crippen molar-refractivity contribution in [1.29, 1.82) is 0 Å². The molecule has 1 N–H and O–H groups in total. The Morgan fingerprint density at radius 2 is 1.76 bits per heavy atom. The lowest BCUT2D eigenvalue weighted by molar-refractivity contribution is -0.117. The first-order chi connectivity index (χ1) is 10.2. The van der Waals surface area contributed by atoms with Crippen LogP contribution in [0.4, 0.5) is 5.69 Å². The lowest BCUT2D eigenvalue weighted by Gasteiger charge is -2.22. The van der Waals surface area contributed by atoms with Gasteiger partial charge in [0.05, 0.1) is 17.8 Å². The van der Waals surface area contributed by atoms with Gasteiger partial charge in [0.2, 0.25) is 5.91 Å². The molecule has 0 fully saturated rings. The zero-order valence-electron chi connectivity index (χ0n) is 12.7. The summed E-state index contributed by atoms with van der Waals surface area (Å²) >= 11 is 0. The number of anilines is 1. The van der Waals surface area contributed by atoms with Crippen molar-refractivity contribution in [2.24, 2.45) is 0 Å². The van der Waals surface area contributed by atoms with Gasteiger partial charge in [0, 0.05) is 6.54 Å². The van der Waals surface area contributed by atoms with E-state index in [9.17, 15) is 9.59 Å². The zero-order chi connectivity index (χ0) is 15.1. The molecule has 1 heterocycles. The number of rotatable bonds is 7. The second kappa shape index (κ2) is 7.81. The van der Waals surface area contributed by atoms with Crippen LogP contribution < -0.4 is 10.2 Å². The SMILES string of the molecule is CCCCCCCCN1C(=O)CNC(=O)c2ccccc21. The van der Waals surface area contributed by atoms with Gasteiger partial charge in [-0.25, -0.2) is 0 Å². The molecule has 4 heteroatoms. The van der Waals surface area contributed by atoms with Gasteiger partial charge in [0.1, 0.15) is 0 Å². The normalized spacial score (nSPS) is 14.6. The van der Waals surface area contributed by atoms with E-state index < -0.39 is 0 Å². The van der Waals surface area contributed by atoms with Crippen LogP contribution in [0.15, 0.2) is 24.3 Å². The molecular formula is C17H24N2O2. The molecule has 1 aliphatic rings. The van der Waals surface area contributed by atoms with Crippen molar-refractivity contribution in [3.8, 4) is 0 Å². The molecule has 0 saturated carbocycles. The number of benzene rings is 1. The van der Waals surface area contributed by atoms with Gasteiger partial charge in [-0.2, -0.15) is 0 Å². The predicted octanol–water partition coefficient (Wildman–Crippen LogP) is 3.12. The molecular weight excluding hydrogens is 264 g/mol. The molecule has 1 aliphatic heterocycles. The number of unbranched alkanes of at least 4 members (excludes halogenated alkanes) is 5. The highest BCUT2D eigenvalue weighted by Gasteiger charge is 2.25. The summed E-state index contributed by atoms with van der Waals surface area (Å²) in [6.07, 6.45) is 7.12. The molecule has 2 rings (SSSR count). The molecule has 0 aliphatic carbocycles. The minimum Gasteiger partial charge on any atom is -0.343 e. The van der Waals surface area contributed by atoms with Gasteiger partial charge < -0.3 is 10.2 Å². The van der Waals surface area contributed by atoms with Gasteiger partial charge in [-0.1, -0.05) is 51.2 Å². The summed E-state index contributed by atoms with van der Waals surface area (Å²) in [7, 11) is 0. The number of fused-ring (bicyclic) bond motifs is 1. The van der Waals surface area contributed by atoms with Crippen molar-refractivity contribution in [3.63, 3.8) is 0 Å². The summed E-state index contributed by atoms with van der Waals surface area (Å²) in [5.74, 6) is -0.189. The number of carbonyl (C=O) groups is 2. The van der Waals surface area contributed by atoms with Crippen molar-refractivity contribution < 1.29 is 9.59 Å². The fraction of sp³-hybridized carbons (Fsp3) is 0.529. The second-order valence-corrected chi connectivity index (χ2v) is 5.51. The van der Waals surface area contributed by atoms with Gasteiger partial charge in [-0.15, -0.1) is 0 Å². The van der Waals surface area contributed by atoms with Gasteiger partial charge in [-0.3, -0.25) is 9.59 Å². The summed E-state index contributed by atoms with van der Waals surface area (Å²) in [6.45, 7) is 2.98. The average molecular weight is 288 g/mol. The molecule has 0 aromatic heterocycles. The van der Waals surface area contributed by atoms with Crippen molar-refractivity contribution >= 4 is 17.5 Å². The van der Waals surface area contributed by atoms with Crippen molar-refractivity contribution in [3.05, 3.63) is 29.8 Å². The third-order valence-corrected chi connectivity index (χ3v) is 3.88. The van der Waals surface area contributed by atoms with Gasteiger partial charge in [0.25, 0.3) is 5.91 Å². The maximum absolute atomic E-state index is 12.2. The highest BCUT2D eigenvalue weighted by Crippen LogP contribution is 2.23. The third-order valence-electron chi connectivity index (χ3n) is 3.88. The summed E-state index contributed by atoms with van der Waals surface area (Å²) in [5, 5.41) is 2.67. The van der Waals surface area contributed by atoms with E-state index in [2.05, 4.69) is 12.2 Å². The first kappa shape index (κ1) is 15.5. The Morgan fingerprint density at radius 3 is 2.57 bits per heavy atom. The molecule has 0 unspecified atom stereocenters.